The van der Waals surface area contributed by atoms with Crippen molar-refractivity contribution in [2.75, 3.05) is 0 Å². The maximum Gasteiger partial charge on any atom is 0.251 e. The number of hydrogen-bond acceptors (Lipinski definition) is 3. The lowest BCUT2D eigenvalue weighted by atomic mass is 10.1. The Morgan fingerprint density at radius 2 is 2.18 bits per heavy atom. The highest BCUT2D eigenvalue weighted by Crippen LogP contribution is 2.17. The molecule has 0 saturated carbocycles. The van der Waals surface area contributed by atoms with Gasteiger partial charge in [-0.05, 0) is 30.8 Å². The Labute approximate surface area is 103 Å². The summed E-state index contributed by atoms with van der Waals surface area (Å²) in [5.74, 6) is 0. The summed E-state index contributed by atoms with van der Waals surface area (Å²) in [4.78, 5) is 13.6. The van der Waals surface area contributed by atoms with Crippen LogP contribution in [-0.4, -0.2) is 9.55 Å². The molecule has 0 unspecified atom stereocenters. The van der Waals surface area contributed by atoms with Crippen LogP contribution in [0.15, 0.2) is 35.3 Å². The van der Waals surface area contributed by atoms with Gasteiger partial charge >= 0.3 is 0 Å². The van der Waals surface area contributed by atoms with Crippen LogP contribution >= 0.6 is 12.2 Å². The highest BCUT2D eigenvalue weighted by molar-refractivity contribution is 7.71. The molecule has 0 aliphatic rings. The van der Waals surface area contributed by atoms with E-state index in [0.717, 1.165) is 5.56 Å². The van der Waals surface area contributed by atoms with Gasteiger partial charge in [-0.1, -0.05) is 12.1 Å². The molecule has 2 aromatic rings. The van der Waals surface area contributed by atoms with Gasteiger partial charge in [0.15, 0.2) is 4.77 Å². The standard InChI is InChI=1S/C12H9N3OS/c1-8-3-2-4-10(9(8)7-13)15-6-5-11(16)14-12(15)17/h2-6H,1H3,(H,14,16,17). The molecular weight excluding hydrogens is 234 g/mol. The van der Waals surface area contributed by atoms with E-state index in [2.05, 4.69) is 11.1 Å². The number of aromatic nitrogens is 2. The average molecular weight is 243 g/mol. The van der Waals surface area contributed by atoms with Crippen molar-refractivity contribution in [3.63, 3.8) is 0 Å². The van der Waals surface area contributed by atoms with Crippen molar-refractivity contribution < 1.29 is 0 Å². The topological polar surface area (TPSA) is 61.6 Å². The van der Waals surface area contributed by atoms with E-state index in [0.29, 0.717) is 11.3 Å². The molecule has 0 aliphatic heterocycles. The SMILES string of the molecule is Cc1cccc(-n2ccc(=O)[nH]c2=S)c1C#N. The Hall–Kier alpha value is -2.19. The number of aryl methyl sites for hydroxylation is 1. The Morgan fingerprint density at radius 3 is 2.82 bits per heavy atom. The molecule has 5 heteroatoms. The van der Waals surface area contributed by atoms with Crippen LogP contribution in [-0.2, 0) is 0 Å². The molecule has 0 fully saturated rings. The second-order valence-corrected chi connectivity index (χ2v) is 3.95. The lowest BCUT2D eigenvalue weighted by Gasteiger charge is -2.09. The number of nitrogens with one attached hydrogen (secondary N) is 1. The van der Waals surface area contributed by atoms with Crippen LogP contribution in [0.4, 0.5) is 0 Å². The van der Waals surface area contributed by atoms with Crippen LogP contribution in [0.2, 0.25) is 0 Å². The Kier molecular flexibility index (Phi) is 2.90. The van der Waals surface area contributed by atoms with Crippen molar-refractivity contribution in [1.29, 1.82) is 5.26 Å². The molecule has 0 amide bonds. The summed E-state index contributed by atoms with van der Waals surface area (Å²) in [5.41, 5.74) is 1.85. The first-order valence-electron chi connectivity index (χ1n) is 4.95. The van der Waals surface area contributed by atoms with E-state index in [1.807, 2.05) is 19.1 Å². The lowest BCUT2D eigenvalue weighted by Crippen LogP contribution is -2.11. The van der Waals surface area contributed by atoms with Gasteiger partial charge in [0.1, 0.15) is 6.07 Å². The molecule has 0 atom stereocenters. The molecule has 1 aromatic carbocycles. The molecule has 4 nitrogen and oxygen atoms in total. The van der Waals surface area contributed by atoms with Gasteiger partial charge in [0.25, 0.3) is 5.56 Å². The van der Waals surface area contributed by atoms with Gasteiger partial charge in [0.2, 0.25) is 0 Å². The van der Waals surface area contributed by atoms with Gasteiger partial charge in [0, 0.05) is 12.3 Å². The van der Waals surface area contributed by atoms with E-state index in [1.165, 1.54) is 6.07 Å². The van der Waals surface area contributed by atoms with E-state index in [4.69, 9.17) is 17.5 Å². The minimum Gasteiger partial charge on any atom is -0.299 e. The third-order valence-corrected chi connectivity index (χ3v) is 2.74. The zero-order chi connectivity index (χ0) is 12.4. The highest BCUT2D eigenvalue weighted by Gasteiger charge is 2.06. The largest absolute Gasteiger partial charge is 0.299 e. The second-order valence-electron chi connectivity index (χ2n) is 3.56. The molecule has 0 spiro atoms. The molecule has 2 rings (SSSR count). The van der Waals surface area contributed by atoms with Crippen molar-refractivity contribution in [3.05, 3.63) is 56.7 Å². The van der Waals surface area contributed by atoms with Crippen LogP contribution in [0, 0.1) is 23.0 Å². The van der Waals surface area contributed by atoms with Crippen LogP contribution in [0.5, 0.6) is 0 Å². The van der Waals surface area contributed by atoms with Crippen LogP contribution < -0.4 is 5.56 Å². The summed E-state index contributed by atoms with van der Waals surface area (Å²) in [6.07, 6.45) is 1.57. The number of rotatable bonds is 1. The van der Waals surface area contributed by atoms with Crippen LogP contribution in [0.25, 0.3) is 5.69 Å². The van der Waals surface area contributed by atoms with Crippen molar-refractivity contribution in [2.24, 2.45) is 0 Å². The Balaban J connectivity index is 2.78. The van der Waals surface area contributed by atoms with Gasteiger partial charge in [-0.2, -0.15) is 5.26 Å². The predicted octanol–water partition coefficient (Wildman–Crippen LogP) is 2.08. The number of aromatic amines is 1. The van der Waals surface area contributed by atoms with E-state index in [9.17, 15) is 4.79 Å². The van der Waals surface area contributed by atoms with E-state index < -0.39 is 0 Å². The van der Waals surface area contributed by atoms with Gasteiger partial charge in [-0.15, -0.1) is 0 Å². The van der Waals surface area contributed by atoms with Gasteiger partial charge in [0.05, 0.1) is 11.3 Å². The molecule has 1 aromatic heterocycles. The van der Waals surface area contributed by atoms with Crippen molar-refractivity contribution >= 4 is 12.2 Å². The maximum absolute atomic E-state index is 11.1. The highest BCUT2D eigenvalue weighted by atomic mass is 32.1. The molecule has 0 saturated heterocycles. The summed E-state index contributed by atoms with van der Waals surface area (Å²) in [7, 11) is 0. The summed E-state index contributed by atoms with van der Waals surface area (Å²) in [6, 6.07) is 9.01. The fourth-order valence-corrected chi connectivity index (χ4v) is 1.87. The lowest BCUT2D eigenvalue weighted by molar-refractivity contribution is 0.932. The molecule has 1 N–H and O–H groups in total. The Morgan fingerprint density at radius 1 is 1.41 bits per heavy atom. The number of nitrogens with zero attached hydrogens (tertiary/aromatic N) is 2. The monoisotopic (exact) mass is 243 g/mol. The molecule has 0 radical (unpaired) electrons. The van der Waals surface area contributed by atoms with E-state index in [-0.39, 0.29) is 10.3 Å². The predicted molar refractivity (Wildman–Crippen MR) is 66.7 cm³/mol. The Bertz CT molecular complexity index is 722. The molecule has 0 aliphatic carbocycles. The number of nitriles is 1. The molecular formula is C12H9N3OS. The molecule has 17 heavy (non-hydrogen) atoms. The minimum atomic E-state index is -0.252. The van der Waals surface area contributed by atoms with Gasteiger partial charge in [-0.3, -0.25) is 14.3 Å². The number of benzene rings is 1. The zero-order valence-electron chi connectivity index (χ0n) is 9.10. The molecule has 0 bridgehead atoms. The fraction of sp³-hybridized carbons (Fsp3) is 0.0833. The van der Waals surface area contributed by atoms with Crippen molar-refractivity contribution in [1.82, 2.24) is 9.55 Å². The third-order valence-electron chi connectivity index (χ3n) is 2.45. The number of hydrogen-bond donors (Lipinski definition) is 1. The quantitative estimate of drug-likeness (QED) is 0.780. The van der Waals surface area contributed by atoms with E-state index in [1.54, 1.807) is 16.8 Å². The van der Waals surface area contributed by atoms with Crippen molar-refractivity contribution in [3.8, 4) is 11.8 Å². The first-order valence-corrected chi connectivity index (χ1v) is 5.36. The summed E-state index contributed by atoms with van der Waals surface area (Å²) in [5, 5.41) is 9.14. The van der Waals surface area contributed by atoms with E-state index >= 15 is 0 Å². The summed E-state index contributed by atoms with van der Waals surface area (Å²) in [6.45, 7) is 1.86. The maximum atomic E-state index is 11.1. The third kappa shape index (κ3) is 2.03. The van der Waals surface area contributed by atoms with Gasteiger partial charge in [-0.25, -0.2) is 0 Å². The smallest absolute Gasteiger partial charge is 0.251 e. The van der Waals surface area contributed by atoms with Gasteiger partial charge < -0.3 is 0 Å². The summed E-state index contributed by atoms with van der Waals surface area (Å²) >= 11 is 5.07. The first kappa shape index (κ1) is 11.3. The van der Waals surface area contributed by atoms with Crippen LogP contribution in [0.1, 0.15) is 11.1 Å². The molecule has 84 valence electrons. The zero-order valence-corrected chi connectivity index (χ0v) is 9.91. The minimum absolute atomic E-state index is 0.252. The molecule has 1 heterocycles. The fourth-order valence-electron chi connectivity index (χ4n) is 1.61. The summed E-state index contributed by atoms with van der Waals surface area (Å²) < 4.78 is 1.89. The normalized spacial score (nSPS) is 9.88. The average Bonchev–Trinajstić information content (AvgIpc) is 2.29. The second kappa shape index (κ2) is 4.36. The number of H-pyrrole nitrogens is 1. The van der Waals surface area contributed by atoms with Crippen molar-refractivity contribution in [2.45, 2.75) is 6.92 Å². The van der Waals surface area contributed by atoms with Crippen LogP contribution in [0.3, 0.4) is 0 Å². The first-order chi connectivity index (χ1) is 8.13.